The van der Waals surface area contributed by atoms with Gasteiger partial charge in [-0.15, -0.1) is 0 Å². The van der Waals surface area contributed by atoms with Gasteiger partial charge in [0.25, 0.3) is 5.91 Å². The molecule has 1 aliphatic carbocycles. The van der Waals surface area contributed by atoms with E-state index in [4.69, 9.17) is 9.72 Å². The van der Waals surface area contributed by atoms with Crippen molar-refractivity contribution in [2.75, 3.05) is 13.7 Å². The lowest BCUT2D eigenvalue weighted by molar-refractivity contribution is 0.0982. The van der Waals surface area contributed by atoms with Crippen molar-refractivity contribution in [2.24, 2.45) is 0 Å². The van der Waals surface area contributed by atoms with Gasteiger partial charge in [-0.2, -0.15) is 0 Å². The number of fused-ring (bicyclic) bond motifs is 1. The Kier molecular flexibility index (Phi) is 5.03. The number of rotatable bonds is 6. The minimum absolute atomic E-state index is 0.0191. The smallest absolute Gasteiger partial charge is 0.265 e. The number of aryl methyl sites for hydroxylation is 2. The van der Waals surface area contributed by atoms with Gasteiger partial charge in [-0.1, -0.05) is 11.6 Å². The zero-order valence-corrected chi connectivity index (χ0v) is 16.3. The Balaban J connectivity index is 2.07. The number of carbonyl (C=O) groups is 1. The van der Waals surface area contributed by atoms with Crippen LogP contribution in [0, 0.1) is 13.8 Å². The summed E-state index contributed by atoms with van der Waals surface area (Å²) in [6.45, 7) is 5.43. The van der Waals surface area contributed by atoms with E-state index in [1.807, 2.05) is 26.0 Å². The Bertz CT molecular complexity index is 965. The van der Waals surface area contributed by atoms with E-state index in [0.717, 1.165) is 35.2 Å². The van der Waals surface area contributed by atoms with Crippen molar-refractivity contribution in [2.45, 2.75) is 44.8 Å². The number of carbonyl (C=O) groups excluding carboxylic acids is 1. The average Bonchev–Trinajstić information content (AvgIpc) is 3.38. The molecule has 6 nitrogen and oxygen atoms in total. The van der Waals surface area contributed by atoms with Crippen LogP contribution < -0.4 is 4.72 Å². The molecule has 0 saturated heterocycles. The lowest BCUT2D eigenvalue weighted by atomic mass is 10.0. The number of nitrogens with zero attached hydrogens (tertiary/aromatic N) is 1. The third kappa shape index (κ3) is 3.73. The second-order valence-corrected chi connectivity index (χ2v) is 9.19. The minimum atomic E-state index is -3.82. The number of benzene rings is 1. The third-order valence-electron chi connectivity index (χ3n) is 4.67. The molecule has 26 heavy (non-hydrogen) atoms. The molecular formula is C19H24N2O4S. The number of nitrogens with one attached hydrogen (secondary N) is 1. The fraction of sp³-hybridized carbons (Fsp3) is 0.474. The van der Waals surface area contributed by atoms with Crippen molar-refractivity contribution in [3.05, 3.63) is 40.6 Å². The van der Waals surface area contributed by atoms with Gasteiger partial charge in [0.2, 0.25) is 10.0 Å². The van der Waals surface area contributed by atoms with Crippen molar-refractivity contribution in [1.29, 1.82) is 0 Å². The van der Waals surface area contributed by atoms with Crippen LogP contribution >= 0.6 is 0 Å². The molecule has 2 aromatic rings. The predicted octanol–water partition coefficient (Wildman–Crippen LogP) is 2.82. The second-order valence-electron chi connectivity index (χ2n) is 7.09. The largest absolute Gasteiger partial charge is 0.383 e. The summed E-state index contributed by atoms with van der Waals surface area (Å²) < 4.78 is 31.9. The molecule has 0 bridgehead atoms. The molecule has 1 fully saturated rings. The molecule has 1 atom stereocenters. The number of aromatic nitrogens is 1. The predicted molar refractivity (Wildman–Crippen MR) is 101 cm³/mol. The van der Waals surface area contributed by atoms with Crippen LogP contribution in [-0.4, -0.2) is 38.3 Å². The molecule has 1 saturated carbocycles. The summed E-state index contributed by atoms with van der Waals surface area (Å²) in [7, 11) is -2.39. The topological polar surface area (TPSA) is 85.4 Å². The highest BCUT2D eigenvalue weighted by Gasteiger charge is 2.29. The Morgan fingerprint density at radius 1 is 1.31 bits per heavy atom. The number of amides is 1. The molecule has 1 N–H and O–H groups in total. The van der Waals surface area contributed by atoms with Gasteiger partial charge in [-0.05, 0) is 51.3 Å². The Morgan fingerprint density at radius 2 is 2.00 bits per heavy atom. The number of sulfonamides is 1. The first-order chi connectivity index (χ1) is 12.2. The SMILES string of the molecule is COC[C@H](C)S(=O)(=O)NC(=O)c1cc(C2CC2)nc2c(C)cc(C)cc12. The third-order valence-corrected chi connectivity index (χ3v) is 6.34. The molecule has 140 valence electrons. The van der Waals surface area contributed by atoms with E-state index < -0.39 is 21.2 Å². The van der Waals surface area contributed by atoms with Gasteiger partial charge in [0, 0.05) is 24.1 Å². The summed E-state index contributed by atoms with van der Waals surface area (Å²) >= 11 is 0. The number of hydrogen-bond acceptors (Lipinski definition) is 5. The van der Waals surface area contributed by atoms with Crippen LogP contribution in [0.2, 0.25) is 0 Å². The first-order valence-corrected chi connectivity index (χ1v) is 10.2. The van der Waals surface area contributed by atoms with Crippen LogP contribution in [-0.2, 0) is 14.8 Å². The van der Waals surface area contributed by atoms with E-state index in [0.29, 0.717) is 16.9 Å². The summed E-state index contributed by atoms with van der Waals surface area (Å²) in [6.07, 6.45) is 2.10. The van der Waals surface area contributed by atoms with Gasteiger partial charge in [0.05, 0.1) is 17.7 Å². The van der Waals surface area contributed by atoms with Gasteiger partial charge in [-0.3, -0.25) is 9.78 Å². The normalized spacial score (nSPS) is 15.8. The summed E-state index contributed by atoms with van der Waals surface area (Å²) in [5, 5.41) is -0.144. The van der Waals surface area contributed by atoms with E-state index in [9.17, 15) is 13.2 Å². The standard InChI is InChI=1S/C19H24N2O4S/c1-11-7-12(2)18-15(8-11)16(9-17(20-18)14-5-6-14)19(22)21-26(23,24)13(3)10-25-4/h7-9,13-14H,5-6,10H2,1-4H3,(H,21,22)/t13-/m0/s1. The quantitative estimate of drug-likeness (QED) is 0.838. The molecule has 1 amide bonds. The van der Waals surface area contributed by atoms with Crippen LogP contribution in [0.1, 0.15) is 52.9 Å². The molecule has 0 unspecified atom stereocenters. The summed E-state index contributed by atoms with van der Waals surface area (Å²) in [5.74, 6) is -0.261. The van der Waals surface area contributed by atoms with Gasteiger partial charge < -0.3 is 4.74 Å². The number of pyridine rings is 1. The minimum Gasteiger partial charge on any atom is -0.383 e. The van der Waals surface area contributed by atoms with Crippen molar-refractivity contribution in [3.8, 4) is 0 Å². The molecule has 3 rings (SSSR count). The lowest BCUT2D eigenvalue weighted by Crippen LogP contribution is -2.39. The second kappa shape index (κ2) is 6.96. The fourth-order valence-electron chi connectivity index (χ4n) is 3.09. The maximum atomic E-state index is 12.8. The van der Waals surface area contributed by atoms with E-state index in [2.05, 4.69) is 4.72 Å². The molecule has 0 radical (unpaired) electrons. The van der Waals surface area contributed by atoms with Crippen molar-refractivity contribution >= 4 is 26.8 Å². The van der Waals surface area contributed by atoms with Crippen molar-refractivity contribution < 1.29 is 17.9 Å². The molecule has 7 heteroatoms. The van der Waals surface area contributed by atoms with Crippen LogP contribution in [0.4, 0.5) is 0 Å². The zero-order chi connectivity index (χ0) is 19.1. The molecule has 1 aromatic carbocycles. The van der Waals surface area contributed by atoms with Crippen LogP contribution in [0.15, 0.2) is 18.2 Å². The van der Waals surface area contributed by atoms with Gasteiger partial charge in [0.15, 0.2) is 0 Å². The van der Waals surface area contributed by atoms with E-state index in [1.54, 1.807) is 6.07 Å². The molecule has 1 aromatic heterocycles. The maximum Gasteiger partial charge on any atom is 0.265 e. The summed E-state index contributed by atoms with van der Waals surface area (Å²) in [4.78, 5) is 17.6. The first kappa shape index (κ1) is 18.8. The fourth-order valence-corrected chi connectivity index (χ4v) is 3.97. The molecule has 1 aliphatic rings. The van der Waals surface area contributed by atoms with Gasteiger partial charge >= 0.3 is 0 Å². The van der Waals surface area contributed by atoms with Crippen LogP contribution in [0.25, 0.3) is 10.9 Å². The number of hydrogen-bond donors (Lipinski definition) is 1. The highest BCUT2D eigenvalue weighted by Crippen LogP contribution is 2.40. The average molecular weight is 376 g/mol. The monoisotopic (exact) mass is 376 g/mol. The van der Waals surface area contributed by atoms with Crippen LogP contribution in [0.3, 0.4) is 0 Å². The molecular weight excluding hydrogens is 352 g/mol. The van der Waals surface area contributed by atoms with E-state index in [-0.39, 0.29) is 6.61 Å². The Morgan fingerprint density at radius 3 is 2.62 bits per heavy atom. The summed E-state index contributed by atoms with van der Waals surface area (Å²) in [5.41, 5.74) is 3.95. The van der Waals surface area contributed by atoms with Gasteiger partial charge in [0.1, 0.15) is 5.25 Å². The van der Waals surface area contributed by atoms with E-state index >= 15 is 0 Å². The summed E-state index contributed by atoms with van der Waals surface area (Å²) in [6, 6.07) is 5.64. The number of methoxy groups -OCH3 is 1. The molecule has 0 aliphatic heterocycles. The lowest BCUT2D eigenvalue weighted by Gasteiger charge is -2.15. The highest BCUT2D eigenvalue weighted by atomic mass is 32.2. The van der Waals surface area contributed by atoms with Crippen LogP contribution in [0.5, 0.6) is 0 Å². The van der Waals surface area contributed by atoms with E-state index in [1.165, 1.54) is 14.0 Å². The Hall–Kier alpha value is -1.99. The maximum absolute atomic E-state index is 12.8. The molecule has 0 spiro atoms. The number of ether oxygens (including phenoxy) is 1. The van der Waals surface area contributed by atoms with Crippen molar-refractivity contribution in [3.63, 3.8) is 0 Å². The Labute approximate surface area is 154 Å². The van der Waals surface area contributed by atoms with Gasteiger partial charge in [-0.25, -0.2) is 13.1 Å². The zero-order valence-electron chi connectivity index (χ0n) is 15.5. The first-order valence-electron chi connectivity index (χ1n) is 8.69. The highest BCUT2D eigenvalue weighted by molar-refractivity contribution is 7.90. The molecule has 1 heterocycles. The van der Waals surface area contributed by atoms with Crippen molar-refractivity contribution in [1.82, 2.24) is 9.71 Å².